The monoisotopic (exact) mass is 533 g/mol. The number of hydrogen-bond donors (Lipinski definition) is 0. The fraction of sp³-hybridized carbons (Fsp3) is 0. The minimum atomic E-state index is 0.913. The predicted molar refractivity (Wildman–Crippen MR) is 178 cm³/mol. The molecule has 0 saturated heterocycles. The Kier molecular flexibility index (Phi) is 4.21. The van der Waals surface area contributed by atoms with Gasteiger partial charge >= 0.3 is 0 Å². The topological polar surface area (TPSA) is 18.1 Å². The first-order valence-electron chi connectivity index (χ1n) is 14.5. The highest BCUT2D eigenvalue weighted by Crippen LogP contribution is 2.47. The van der Waals surface area contributed by atoms with Crippen molar-refractivity contribution in [3.8, 4) is 5.69 Å². The lowest BCUT2D eigenvalue weighted by molar-refractivity contribution is 0.671. The zero-order chi connectivity index (χ0) is 27.4. The third-order valence-corrected chi connectivity index (χ3v) is 9.13. The third-order valence-electron chi connectivity index (χ3n) is 9.13. The van der Waals surface area contributed by atoms with Crippen LogP contribution in [0.2, 0.25) is 0 Å². The molecule has 0 spiro atoms. The van der Waals surface area contributed by atoms with Crippen LogP contribution in [0.1, 0.15) is 0 Å². The van der Waals surface area contributed by atoms with Gasteiger partial charge in [0.05, 0.1) is 16.7 Å². The highest BCUT2D eigenvalue weighted by Gasteiger charge is 2.24. The Morgan fingerprint density at radius 2 is 0.952 bits per heavy atom. The van der Waals surface area contributed by atoms with E-state index >= 15 is 0 Å². The molecule has 0 radical (unpaired) electrons. The molecule has 0 aliphatic carbocycles. The maximum Gasteiger partial charge on any atom is 0.160 e. The average Bonchev–Trinajstić information content (AvgIpc) is 3.61. The molecule has 0 saturated carbocycles. The van der Waals surface area contributed by atoms with Crippen LogP contribution in [-0.4, -0.2) is 4.57 Å². The molecule has 194 valence electrons. The van der Waals surface area contributed by atoms with Gasteiger partial charge in [0.1, 0.15) is 5.58 Å². The van der Waals surface area contributed by atoms with Crippen molar-refractivity contribution in [2.45, 2.75) is 0 Å². The van der Waals surface area contributed by atoms with Gasteiger partial charge in [0.25, 0.3) is 0 Å². The first-order valence-corrected chi connectivity index (χ1v) is 14.5. The van der Waals surface area contributed by atoms with Gasteiger partial charge in [-0.15, -0.1) is 0 Å². The van der Waals surface area contributed by atoms with E-state index in [9.17, 15) is 0 Å². The molecule has 0 atom stereocenters. The van der Waals surface area contributed by atoms with Crippen molar-refractivity contribution in [3.05, 3.63) is 140 Å². The second-order valence-electron chi connectivity index (χ2n) is 11.2. The summed E-state index contributed by atoms with van der Waals surface area (Å²) in [6, 6.07) is 50.5. The molecule has 0 bridgehead atoms. The SMILES string of the molecule is c1ccc2c(c1)ccc1c(-n3c4c5ccccc5ccc4c4c5ccccc5c5c6ccccc6oc5c43)cccc12. The summed E-state index contributed by atoms with van der Waals surface area (Å²) >= 11 is 0. The van der Waals surface area contributed by atoms with Crippen molar-refractivity contribution < 1.29 is 4.42 Å². The van der Waals surface area contributed by atoms with Crippen LogP contribution in [0.15, 0.2) is 144 Å². The smallest absolute Gasteiger partial charge is 0.160 e. The zero-order valence-electron chi connectivity index (χ0n) is 22.6. The molecule has 0 unspecified atom stereocenters. The summed E-state index contributed by atoms with van der Waals surface area (Å²) in [5.74, 6) is 0. The van der Waals surface area contributed by atoms with Crippen LogP contribution in [0.5, 0.6) is 0 Å². The van der Waals surface area contributed by atoms with Crippen LogP contribution in [0.3, 0.4) is 0 Å². The fourth-order valence-electron chi connectivity index (χ4n) is 7.40. The van der Waals surface area contributed by atoms with Gasteiger partial charge in [-0.1, -0.05) is 127 Å². The van der Waals surface area contributed by atoms with Crippen molar-refractivity contribution in [3.63, 3.8) is 0 Å². The number of nitrogens with zero attached hydrogens (tertiary/aromatic N) is 1. The van der Waals surface area contributed by atoms with Crippen LogP contribution < -0.4 is 0 Å². The number of rotatable bonds is 1. The van der Waals surface area contributed by atoms with E-state index in [1.165, 1.54) is 64.8 Å². The van der Waals surface area contributed by atoms with Gasteiger partial charge in [-0.05, 0) is 44.5 Å². The van der Waals surface area contributed by atoms with Gasteiger partial charge in [-0.2, -0.15) is 0 Å². The van der Waals surface area contributed by atoms with E-state index in [2.05, 4.69) is 144 Å². The highest BCUT2D eigenvalue weighted by molar-refractivity contribution is 6.36. The molecule has 10 rings (SSSR count). The minimum Gasteiger partial charge on any atom is -0.454 e. The molecule has 0 aliphatic rings. The van der Waals surface area contributed by atoms with Gasteiger partial charge in [0.15, 0.2) is 5.58 Å². The lowest BCUT2D eigenvalue weighted by atomic mass is 9.98. The summed E-state index contributed by atoms with van der Waals surface area (Å²) < 4.78 is 9.33. The molecule has 0 aliphatic heterocycles. The van der Waals surface area contributed by atoms with Gasteiger partial charge in [0.2, 0.25) is 0 Å². The number of aromatic nitrogens is 1. The van der Waals surface area contributed by atoms with Crippen LogP contribution in [-0.2, 0) is 0 Å². The lowest BCUT2D eigenvalue weighted by Crippen LogP contribution is -1.97. The van der Waals surface area contributed by atoms with Crippen molar-refractivity contribution >= 4 is 86.8 Å². The van der Waals surface area contributed by atoms with E-state index in [0.29, 0.717) is 0 Å². The van der Waals surface area contributed by atoms with E-state index in [1.54, 1.807) is 0 Å². The fourth-order valence-corrected chi connectivity index (χ4v) is 7.40. The van der Waals surface area contributed by atoms with Crippen LogP contribution in [0.25, 0.3) is 92.5 Å². The maximum atomic E-state index is 6.84. The molecule has 2 aromatic heterocycles. The summed E-state index contributed by atoms with van der Waals surface area (Å²) in [5, 5.41) is 14.7. The van der Waals surface area contributed by atoms with Crippen molar-refractivity contribution in [1.29, 1.82) is 0 Å². The minimum absolute atomic E-state index is 0.913. The van der Waals surface area contributed by atoms with Crippen molar-refractivity contribution in [2.75, 3.05) is 0 Å². The zero-order valence-corrected chi connectivity index (χ0v) is 22.6. The number of fused-ring (bicyclic) bond motifs is 15. The second kappa shape index (κ2) is 7.99. The van der Waals surface area contributed by atoms with Gasteiger partial charge < -0.3 is 8.98 Å². The molecular formula is C40H23NO. The molecule has 0 N–H and O–H groups in total. The summed E-state index contributed by atoms with van der Waals surface area (Å²) in [6.45, 7) is 0. The van der Waals surface area contributed by atoms with Gasteiger partial charge in [-0.25, -0.2) is 0 Å². The number of benzene rings is 8. The van der Waals surface area contributed by atoms with E-state index in [1.807, 2.05) is 0 Å². The molecule has 8 aromatic carbocycles. The molecular weight excluding hydrogens is 510 g/mol. The van der Waals surface area contributed by atoms with Gasteiger partial charge in [0, 0.05) is 32.3 Å². The van der Waals surface area contributed by atoms with Crippen molar-refractivity contribution in [1.82, 2.24) is 4.57 Å². The van der Waals surface area contributed by atoms with Gasteiger partial charge in [-0.3, -0.25) is 0 Å². The maximum absolute atomic E-state index is 6.84. The molecule has 2 heteroatoms. The average molecular weight is 534 g/mol. The van der Waals surface area contributed by atoms with Crippen LogP contribution in [0, 0.1) is 0 Å². The Labute approximate surface area is 240 Å². The molecule has 0 fully saturated rings. The standard InChI is InChI=1S/C40H23NO/c1-3-12-26-24(10-1)20-22-29-28(26)17-9-18-34(29)41-38-27-13-4-2-11-25(27)21-23-33(38)36-30-14-5-6-15-31(30)37-32-16-7-8-19-35(32)42-40(37)39(36)41/h1-23H. The largest absolute Gasteiger partial charge is 0.454 e. The quantitative estimate of drug-likeness (QED) is 0.192. The second-order valence-corrected chi connectivity index (χ2v) is 11.2. The normalized spacial score (nSPS) is 12.3. The molecule has 2 heterocycles. The van der Waals surface area contributed by atoms with E-state index in [4.69, 9.17) is 4.42 Å². The summed E-state index contributed by atoms with van der Waals surface area (Å²) in [7, 11) is 0. The van der Waals surface area contributed by atoms with E-state index in [0.717, 1.165) is 27.8 Å². The Hall–Kier alpha value is -5.60. The molecule has 10 aromatic rings. The molecule has 2 nitrogen and oxygen atoms in total. The first-order chi connectivity index (χ1) is 20.9. The first kappa shape index (κ1) is 22.1. The Morgan fingerprint density at radius 3 is 1.76 bits per heavy atom. The molecule has 0 amide bonds. The third kappa shape index (κ3) is 2.74. The Bertz CT molecular complexity index is 2740. The predicted octanol–water partition coefficient (Wildman–Crippen LogP) is 11.3. The van der Waals surface area contributed by atoms with E-state index in [-0.39, 0.29) is 0 Å². The summed E-state index contributed by atoms with van der Waals surface area (Å²) in [6.07, 6.45) is 0. The molecule has 42 heavy (non-hydrogen) atoms. The van der Waals surface area contributed by atoms with Crippen LogP contribution in [0.4, 0.5) is 0 Å². The highest BCUT2D eigenvalue weighted by atomic mass is 16.3. The van der Waals surface area contributed by atoms with Crippen molar-refractivity contribution in [2.24, 2.45) is 0 Å². The summed E-state index contributed by atoms with van der Waals surface area (Å²) in [4.78, 5) is 0. The Morgan fingerprint density at radius 1 is 0.357 bits per heavy atom. The lowest BCUT2D eigenvalue weighted by Gasteiger charge is -2.14. The van der Waals surface area contributed by atoms with E-state index < -0.39 is 0 Å². The number of furan rings is 1. The number of hydrogen-bond acceptors (Lipinski definition) is 1. The Balaban J connectivity index is 1.55. The summed E-state index contributed by atoms with van der Waals surface area (Å²) in [5.41, 5.74) is 5.33. The number of para-hydroxylation sites is 1. The van der Waals surface area contributed by atoms with Crippen LogP contribution >= 0.6 is 0 Å².